The molecule has 0 saturated heterocycles. The molecule has 0 bridgehead atoms. The molecule has 0 aliphatic heterocycles. The molecule has 5 nitrogen and oxygen atoms in total. The molecule has 0 amide bonds. The molecule has 1 rings (SSSR count). The standard InChI is InChI=1S/C20H48N2O3Si2/c1-7-26(23-4,20-12-11-19(20)3)17-9-14-22(16-13-21)15-10-18-27(8-2,24-5)25-6/h19-20,26-27H,7-18,21H2,1-6H3/q-2. The van der Waals surface area contributed by atoms with Gasteiger partial charge in [-0.15, -0.1) is 0 Å². The molecule has 1 aliphatic rings. The van der Waals surface area contributed by atoms with E-state index in [1.54, 1.807) is 0 Å². The van der Waals surface area contributed by atoms with Crippen LogP contribution in [0.4, 0.5) is 0 Å². The monoisotopic (exact) mass is 420 g/mol. The fourth-order valence-corrected chi connectivity index (χ4v) is 13.4. The van der Waals surface area contributed by atoms with Crippen molar-refractivity contribution in [1.82, 2.24) is 4.90 Å². The molecular weight excluding hydrogens is 372 g/mol. The molecule has 0 radical (unpaired) electrons. The van der Waals surface area contributed by atoms with Gasteiger partial charge in [-0.3, -0.25) is 0 Å². The molecule has 0 aromatic heterocycles. The summed E-state index contributed by atoms with van der Waals surface area (Å²) >= 11 is 0. The average molecular weight is 421 g/mol. The minimum absolute atomic E-state index is 0.732. The molecule has 7 heteroatoms. The Balaban J connectivity index is 2.49. The Morgan fingerprint density at radius 3 is 1.89 bits per heavy atom. The Morgan fingerprint density at radius 2 is 1.52 bits per heavy atom. The zero-order chi connectivity index (χ0) is 20.3. The van der Waals surface area contributed by atoms with Gasteiger partial charge in [-0.1, -0.05) is 0 Å². The van der Waals surface area contributed by atoms with Crippen molar-refractivity contribution in [2.75, 3.05) is 47.5 Å². The van der Waals surface area contributed by atoms with Crippen molar-refractivity contribution in [3.63, 3.8) is 0 Å². The van der Waals surface area contributed by atoms with Gasteiger partial charge in [0.25, 0.3) is 0 Å². The maximum absolute atomic E-state index is 6.27. The van der Waals surface area contributed by atoms with Gasteiger partial charge in [0.2, 0.25) is 0 Å². The summed E-state index contributed by atoms with van der Waals surface area (Å²) in [4.78, 5) is 2.55. The maximum atomic E-state index is 6.27. The van der Waals surface area contributed by atoms with Crippen molar-refractivity contribution in [2.24, 2.45) is 11.7 Å². The van der Waals surface area contributed by atoms with Crippen LogP contribution >= 0.6 is 0 Å². The zero-order valence-corrected chi connectivity index (χ0v) is 21.4. The second kappa shape index (κ2) is 12.7. The van der Waals surface area contributed by atoms with Gasteiger partial charge in [-0.2, -0.15) is 0 Å². The Bertz CT molecular complexity index is 385. The first kappa shape index (κ1) is 25.3. The third-order valence-corrected chi connectivity index (χ3v) is 18.3. The summed E-state index contributed by atoms with van der Waals surface area (Å²) in [6.07, 6.45) is 5.20. The predicted octanol–water partition coefficient (Wildman–Crippen LogP) is 3.66. The first-order valence-corrected chi connectivity index (χ1v) is 16.7. The van der Waals surface area contributed by atoms with E-state index in [0.29, 0.717) is 0 Å². The second-order valence-electron chi connectivity index (χ2n) is 8.94. The first-order chi connectivity index (χ1) is 13.0. The average Bonchev–Trinajstić information content (AvgIpc) is 2.69. The summed E-state index contributed by atoms with van der Waals surface area (Å²) in [6.45, 7) is 10.9. The molecule has 2 atom stereocenters. The van der Waals surface area contributed by atoms with E-state index >= 15 is 0 Å². The number of rotatable bonds is 16. The molecule has 27 heavy (non-hydrogen) atoms. The van der Waals surface area contributed by atoms with E-state index in [4.69, 9.17) is 19.0 Å². The van der Waals surface area contributed by atoms with Crippen LogP contribution in [0.25, 0.3) is 0 Å². The zero-order valence-electron chi connectivity index (χ0n) is 19.0. The first-order valence-electron chi connectivity index (χ1n) is 11.4. The molecule has 0 aromatic rings. The van der Waals surface area contributed by atoms with Crippen molar-refractivity contribution < 1.29 is 13.3 Å². The number of nitrogens with zero attached hydrogens (tertiary/aromatic N) is 1. The van der Waals surface area contributed by atoms with E-state index in [0.717, 1.165) is 56.1 Å². The van der Waals surface area contributed by atoms with Crippen LogP contribution in [0, 0.1) is 5.92 Å². The van der Waals surface area contributed by atoms with Gasteiger partial charge < -0.3 is 0 Å². The Labute approximate surface area is 170 Å². The molecule has 166 valence electrons. The molecule has 1 saturated carbocycles. The van der Waals surface area contributed by atoms with Crippen LogP contribution < -0.4 is 5.73 Å². The topological polar surface area (TPSA) is 57.0 Å². The Hall–Kier alpha value is 0.234. The summed E-state index contributed by atoms with van der Waals surface area (Å²) in [7, 11) is 1.43. The van der Waals surface area contributed by atoms with Crippen LogP contribution in [0.2, 0.25) is 29.7 Å². The SMILES string of the molecule is CC[SiH-](CCCN(CCN)CCC[SiH-](CC)(OC)C1CCC1C)(OC)OC. The van der Waals surface area contributed by atoms with Crippen molar-refractivity contribution in [2.45, 2.75) is 76.2 Å². The van der Waals surface area contributed by atoms with Crippen molar-refractivity contribution >= 4 is 16.9 Å². The van der Waals surface area contributed by atoms with Crippen LogP contribution in [-0.2, 0) is 13.3 Å². The van der Waals surface area contributed by atoms with E-state index in [1.165, 1.54) is 31.4 Å². The Morgan fingerprint density at radius 1 is 0.889 bits per heavy atom. The molecule has 1 aliphatic carbocycles. The van der Waals surface area contributed by atoms with Gasteiger partial charge in [0.1, 0.15) is 0 Å². The van der Waals surface area contributed by atoms with Crippen molar-refractivity contribution in [1.29, 1.82) is 0 Å². The second-order valence-corrected chi connectivity index (χ2v) is 18.6. The molecule has 0 spiro atoms. The van der Waals surface area contributed by atoms with Gasteiger partial charge in [0.05, 0.1) is 0 Å². The molecule has 2 unspecified atom stereocenters. The fourth-order valence-electron chi connectivity index (χ4n) is 5.45. The van der Waals surface area contributed by atoms with E-state index in [1.807, 2.05) is 21.3 Å². The summed E-state index contributed by atoms with van der Waals surface area (Å²) in [5, 5.41) is 0. The van der Waals surface area contributed by atoms with E-state index in [-0.39, 0.29) is 0 Å². The van der Waals surface area contributed by atoms with Crippen molar-refractivity contribution in [3.8, 4) is 0 Å². The number of hydrogen-bond acceptors (Lipinski definition) is 5. The van der Waals surface area contributed by atoms with Gasteiger partial charge in [0, 0.05) is 0 Å². The summed E-state index contributed by atoms with van der Waals surface area (Å²) in [6, 6.07) is 4.73. The predicted molar refractivity (Wildman–Crippen MR) is 123 cm³/mol. The third-order valence-electron chi connectivity index (χ3n) is 7.84. The third kappa shape index (κ3) is 6.91. The van der Waals surface area contributed by atoms with E-state index < -0.39 is 16.9 Å². The van der Waals surface area contributed by atoms with E-state index in [9.17, 15) is 0 Å². The molecule has 2 N–H and O–H groups in total. The van der Waals surface area contributed by atoms with Gasteiger partial charge in [-0.05, 0) is 0 Å². The van der Waals surface area contributed by atoms with Crippen LogP contribution in [0.1, 0.15) is 46.5 Å². The minimum atomic E-state index is -2.28. The fraction of sp³-hybridized carbons (Fsp3) is 1.00. The number of hydrogen-bond donors (Lipinski definition) is 1. The molecule has 0 aromatic carbocycles. The van der Waals surface area contributed by atoms with Crippen LogP contribution in [0.5, 0.6) is 0 Å². The van der Waals surface area contributed by atoms with Gasteiger partial charge >= 0.3 is 170 Å². The Kier molecular flexibility index (Phi) is 11.9. The number of nitrogens with two attached hydrogens (primary N) is 1. The quantitative estimate of drug-likeness (QED) is 0.386. The summed E-state index contributed by atoms with van der Waals surface area (Å²) in [5.41, 5.74) is 6.78. The molecule has 0 heterocycles. The van der Waals surface area contributed by atoms with Crippen LogP contribution in [0.15, 0.2) is 0 Å². The summed E-state index contributed by atoms with van der Waals surface area (Å²) in [5.74, 6) is 0.881. The molecular formula is C20H48N2O3Si2-2. The molecule has 1 fully saturated rings. The van der Waals surface area contributed by atoms with Gasteiger partial charge in [-0.25, -0.2) is 0 Å². The van der Waals surface area contributed by atoms with Crippen molar-refractivity contribution in [3.05, 3.63) is 0 Å². The van der Waals surface area contributed by atoms with Crippen LogP contribution in [-0.4, -0.2) is 69.3 Å². The van der Waals surface area contributed by atoms with Crippen LogP contribution in [0.3, 0.4) is 0 Å². The normalized spacial score (nSPS) is 22.1. The summed E-state index contributed by atoms with van der Waals surface area (Å²) < 4.78 is 17.8. The van der Waals surface area contributed by atoms with Gasteiger partial charge in [0.15, 0.2) is 0 Å². The van der Waals surface area contributed by atoms with E-state index in [2.05, 4.69) is 25.7 Å².